The molecular formula is C14H11ClO3. The van der Waals surface area contributed by atoms with Crippen molar-refractivity contribution in [3.05, 3.63) is 58.6 Å². The van der Waals surface area contributed by atoms with Crippen molar-refractivity contribution in [3.8, 4) is 11.5 Å². The van der Waals surface area contributed by atoms with Crippen molar-refractivity contribution in [2.45, 2.75) is 6.42 Å². The van der Waals surface area contributed by atoms with Crippen molar-refractivity contribution in [1.82, 2.24) is 0 Å². The van der Waals surface area contributed by atoms with Crippen molar-refractivity contribution in [3.63, 3.8) is 0 Å². The molecule has 2 aromatic rings. The standard InChI is InChI=1S/C14H11ClO3/c15-10-3-1-2-9(6-10)7-13(17)12-5-4-11(16)8-14(12)18/h1-6,8,16,18H,7H2. The third kappa shape index (κ3) is 2.81. The highest BCUT2D eigenvalue weighted by Gasteiger charge is 2.12. The van der Waals surface area contributed by atoms with Crippen molar-refractivity contribution in [2.75, 3.05) is 0 Å². The minimum absolute atomic E-state index is 0.0770. The molecule has 0 saturated carbocycles. The summed E-state index contributed by atoms with van der Waals surface area (Å²) < 4.78 is 0. The Morgan fingerprint density at radius 3 is 2.56 bits per heavy atom. The molecule has 3 nitrogen and oxygen atoms in total. The van der Waals surface area contributed by atoms with Crippen LogP contribution in [-0.2, 0) is 6.42 Å². The molecule has 0 amide bonds. The molecule has 0 aliphatic rings. The van der Waals surface area contributed by atoms with E-state index in [0.717, 1.165) is 11.6 Å². The van der Waals surface area contributed by atoms with Gasteiger partial charge in [0.05, 0.1) is 5.56 Å². The highest BCUT2D eigenvalue weighted by atomic mass is 35.5. The second-order valence-electron chi connectivity index (χ2n) is 3.93. The first kappa shape index (κ1) is 12.5. The SMILES string of the molecule is O=C(Cc1cccc(Cl)c1)c1ccc(O)cc1O. The fourth-order valence-electron chi connectivity index (χ4n) is 1.68. The lowest BCUT2D eigenvalue weighted by Gasteiger charge is -2.05. The summed E-state index contributed by atoms with van der Waals surface area (Å²) in [5, 5.41) is 19.3. The first-order chi connectivity index (χ1) is 8.56. The van der Waals surface area contributed by atoms with Crippen molar-refractivity contribution < 1.29 is 15.0 Å². The van der Waals surface area contributed by atoms with E-state index in [-0.39, 0.29) is 29.3 Å². The molecule has 92 valence electrons. The molecule has 0 aromatic heterocycles. The number of Topliss-reactive ketones (excluding diaryl/α,β-unsaturated/α-hetero) is 1. The monoisotopic (exact) mass is 262 g/mol. The highest BCUT2D eigenvalue weighted by molar-refractivity contribution is 6.30. The summed E-state index contributed by atoms with van der Waals surface area (Å²) in [6, 6.07) is 10.9. The quantitative estimate of drug-likeness (QED) is 0.836. The molecule has 0 aliphatic carbocycles. The van der Waals surface area contributed by atoms with Gasteiger partial charge in [0.15, 0.2) is 5.78 Å². The summed E-state index contributed by atoms with van der Waals surface area (Å²) in [6.07, 6.45) is 0.152. The Morgan fingerprint density at radius 2 is 1.89 bits per heavy atom. The number of ketones is 1. The predicted molar refractivity (Wildman–Crippen MR) is 69.3 cm³/mol. The number of aromatic hydroxyl groups is 2. The molecule has 18 heavy (non-hydrogen) atoms. The summed E-state index contributed by atoms with van der Waals surface area (Å²) in [4.78, 5) is 12.0. The zero-order chi connectivity index (χ0) is 13.1. The van der Waals surface area contributed by atoms with Gasteiger partial charge in [-0.15, -0.1) is 0 Å². The van der Waals surface area contributed by atoms with Crippen LogP contribution >= 0.6 is 11.6 Å². The Bertz CT molecular complexity index is 593. The maximum atomic E-state index is 12.0. The number of carbonyl (C=O) groups is 1. The van der Waals surface area contributed by atoms with Gasteiger partial charge in [-0.05, 0) is 29.8 Å². The molecule has 0 atom stereocenters. The number of hydrogen-bond donors (Lipinski definition) is 2. The van der Waals surface area contributed by atoms with Crippen LogP contribution in [-0.4, -0.2) is 16.0 Å². The molecular weight excluding hydrogens is 252 g/mol. The molecule has 2 N–H and O–H groups in total. The van der Waals surface area contributed by atoms with Crippen molar-refractivity contribution in [1.29, 1.82) is 0 Å². The van der Waals surface area contributed by atoms with E-state index < -0.39 is 0 Å². The summed E-state index contributed by atoms with van der Waals surface area (Å²) >= 11 is 5.83. The molecule has 2 aromatic carbocycles. The van der Waals surface area contributed by atoms with Crippen LogP contribution in [0.2, 0.25) is 5.02 Å². The van der Waals surface area contributed by atoms with E-state index in [2.05, 4.69) is 0 Å². The molecule has 0 unspecified atom stereocenters. The summed E-state index contributed by atoms with van der Waals surface area (Å²) in [7, 11) is 0. The maximum Gasteiger partial charge on any atom is 0.170 e. The van der Waals surface area contributed by atoms with Crippen LogP contribution in [0, 0.1) is 0 Å². The number of hydrogen-bond acceptors (Lipinski definition) is 3. The smallest absolute Gasteiger partial charge is 0.170 e. The first-order valence-corrected chi connectivity index (χ1v) is 5.73. The van der Waals surface area contributed by atoms with E-state index in [4.69, 9.17) is 16.7 Å². The molecule has 0 fully saturated rings. The van der Waals surface area contributed by atoms with Crippen molar-refractivity contribution >= 4 is 17.4 Å². The number of rotatable bonds is 3. The van der Waals surface area contributed by atoms with Crippen LogP contribution in [0.1, 0.15) is 15.9 Å². The summed E-state index contributed by atoms with van der Waals surface area (Å²) in [6.45, 7) is 0. The Labute approximate surface area is 109 Å². The van der Waals surface area contributed by atoms with Crippen molar-refractivity contribution in [2.24, 2.45) is 0 Å². The minimum Gasteiger partial charge on any atom is -0.508 e. The molecule has 0 aliphatic heterocycles. The fourth-order valence-corrected chi connectivity index (χ4v) is 1.90. The van der Waals surface area contributed by atoms with Crippen LogP contribution < -0.4 is 0 Å². The van der Waals surface area contributed by atoms with Gasteiger partial charge in [-0.3, -0.25) is 4.79 Å². The second-order valence-corrected chi connectivity index (χ2v) is 4.37. The summed E-state index contributed by atoms with van der Waals surface area (Å²) in [5.41, 5.74) is 0.966. The Hall–Kier alpha value is -2.00. The van der Waals surface area contributed by atoms with Gasteiger partial charge >= 0.3 is 0 Å². The third-order valence-corrected chi connectivity index (χ3v) is 2.77. The van der Waals surface area contributed by atoms with E-state index in [0.29, 0.717) is 5.02 Å². The number of phenolic OH excluding ortho intramolecular Hbond substituents is 2. The van der Waals surface area contributed by atoms with Gasteiger partial charge in [0.2, 0.25) is 0 Å². The number of benzene rings is 2. The molecule has 2 rings (SSSR count). The average Bonchev–Trinajstić information content (AvgIpc) is 2.28. The zero-order valence-electron chi connectivity index (χ0n) is 9.43. The maximum absolute atomic E-state index is 12.0. The van der Waals surface area contributed by atoms with Gasteiger partial charge < -0.3 is 10.2 Å². The van der Waals surface area contributed by atoms with Crippen LogP contribution in [0.4, 0.5) is 0 Å². The molecule has 0 heterocycles. The normalized spacial score (nSPS) is 10.3. The molecule has 0 radical (unpaired) electrons. The van der Waals surface area contributed by atoms with E-state index >= 15 is 0 Å². The highest BCUT2D eigenvalue weighted by Crippen LogP contribution is 2.24. The number of halogens is 1. The minimum atomic E-state index is -0.227. The first-order valence-electron chi connectivity index (χ1n) is 5.36. The van der Waals surface area contributed by atoms with Gasteiger partial charge in [0.25, 0.3) is 0 Å². The second kappa shape index (κ2) is 5.10. The lowest BCUT2D eigenvalue weighted by atomic mass is 10.0. The van der Waals surface area contributed by atoms with Crippen LogP contribution in [0.25, 0.3) is 0 Å². The lowest BCUT2D eigenvalue weighted by molar-refractivity contribution is 0.0990. The van der Waals surface area contributed by atoms with Crippen LogP contribution in [0.3, 0.4) is 0 Å². The van der Waals surface area contributed by atoms with Gasteiger partial charge in [-0.2, -0.15) is 0 Å². The molecule has 0 saturated heterocycles. The number of phenols is 2. The third-order valence-electron chi connectivity index (χ3n) is 2.54. The molecule has 0 bridgehead atoms. The largest absolute Gasteiger partial charge is 0.508 e. The Kier molecular flexibility index (Phi) is 3.53. The zero-order valence-corrected chi connectivity index (χ0v) is 10.2. The average molecular weight is 263 g/mol. The number of carbonyl (C=O) groups excluding carboxylic acids is 1. The predicted octanol–water partition coefficient (Wildman–Crippen LogP) is 3.18. The van der Waals surface area contributed by atoms with Gasteiger partial charge in [0, 0.05) is 17.5 Å². The topological polar surface area (TPSA) is 57.5 Å². The lowest BCUT2D eigenvalue weighted by Crippen LogP contribution is -2.03. The fraction of sp³-hybridized carbons (Fsp3) is 0.0714. The van der Waals surface area contributed by atoms with Gasteiger partial charge in [-0.1, -0.05) is 23.7 Å². The molecule has 4 heteroatoms. The van der Waals surface area contributed by atoms with E-state index in [1.54, 1.807) is 24.3 Å². The van der Waals surface area contributed by atoms with Crippen LogP contribution in [0.5, 0.6) is 11.5 Å². The Morgan fingerprint density at radius 1 is 1.11 bits per heavy atom. The van der Waals surface area contributed by atoms with E-state index in [9.17, 15) is 9.90 Å². The van der Waals surface area contributed by atoms with E-state index in [1.807, 2.05) is 0 Å². The van der Waals surface area contributed by atoms with Crippen LogP contribution in [0.15, 0.2) is 42.5 Å². The molecule has 0 spiro atoms. The van der Waals surface area contributed by atoms with Gasteiger partial charge in [-0.25, -0.2) is 0 Å². The van der Waals surface area contributed by atoms with Gasteiger partial charge in [0.1, 0.15) is 11.5 Å². The van der Waals surface area contributed by atoms with E-state index in [1.165, 1.54) is 12.1 Å². The summed E-state index contributed by atoms with van der Waals surface area (Å²) in [5.74, 6) is -0.524. The Balaban J connectivity index is 2.22.